The number of anilines is 2. The van der Waals surface area contributed by atoms with Gasteiger partial charge in [-0.3, -0.25) is 0 Å². The normalized spacial score (nSPS) is 12.6. The second kappa shape index (κ2) is 9.84. The van der Waals surface area contributed by atoms with Crippen LogP contribution in [-0.2, 0) is 6.61 Å². The molecule has 0 fully saturated rings. The molecule has 0 amide bonds. The molecule has 0 bridgehead atoms. The van der Waals surface area contributed by atoms with Gasteiger partial charge in [-0.15, -0.1) is 0 Å². The largest absolute Gasteiger partial charge is 0.487 e. The van der Waals surface area contributed by atoms with Crippen LogP contribution in [0.1, 0.15) is 19.4 Å². The third kappa shape index (κ3) is 5.02. The van der Waals surface area contributed by atoms with Gasteiger partial charge in [0, 0.05) is 11.8 Å². The number of fused-ring (bicyclic) bond motifs is 3. The molecule has 1 aliphatic heterocycles. The molecule has 4 aromatic rings. The lowest BCUT2D eigenvalue weighted by Crippen LogP contribution is -2.18. The van der Waals surface area contributed by atoms with Crippen molar-refractivity contribution in [3.8, 4) is 23.0 Å². The van der Waals surface area contributed by atoms with Gasteiger partial charge in [-0.05, 0) is 49.7 Å². The van der Waals surface area contributed by atoms with E-state index in [2.05, 4.69) is 15.3 Å². The van der Waals surface area contributed by atoms with E-state index in [0.29, 0.717) is 69.2 Å². The summed E-state index contributed by atoms with van der Waals surface area (Å²) < 4.78 is 36.9. The molecule has 0 saturated heterocycles. The lowest BCUT2D eigenvalue weighted by Gasteiger charge is -2.24. The molecular weight excluding hydrogens is 473 g/mol. The minimum Gasteiger partial charge on any atom is -0.487 e. The molecule has 0 spiro atoms. The Morgan fingerprint density at radius 3 is 2.63 bits per heavy atom. The number of aromatic nitrogens is 2. The molecule has 180 valence electrons. The van der Waals surface area contributed by atoms with Gasteiger partial charge in [-0.25, -0.2) is 14.4 Å². The number of ether oxygens (including phenoxy) is 4. The molecule has 5 rings (SSSR count). The third-order valence-electron chi connectivity index (χ3n) is 5.22. The number of halogens is 2. The summed E-state index contributed by atoms with van der Waals surface area (Å²) in [5.41, 5.74) is 2.06. The van der Waals surface area contributed by atoms with E-state index in [9.17, 15) is 4.39 Å². The Bertz CT molecular complexity index is 1380. The summed E-state index contributed by atoms with van der Waals surface area (Å²) in [5.74, 6) is 2.36. The number of benzene rings is 3. The zero-order valence-electron chi connectivity index (χ0n) is 19.2. The van der Waals surface area contributed by atoms with E-state index < -0.39 is 0 Å². The average molecular weight is 496 g/mol. The van der Waals surface area contributed by atoms with Gasteiger partial charge in [-0.2, -0.15) is 0 Å². The van der Waals surface area contributed by atoms with Gasteiger partial charge in [0.05, 0.1) is 22.0 Å². The van der Waals surface area contributed by atoms with Crippen LogP contribution in [0.3, 0.4) is 0 Å². The monoisotopic (exact) mass is 495 g/mol. The predicted octanol–water partition coefficient (Wildman–Crippen LogP) is 6.30. The smallest absolute Gasteiger partial charge is 0.204 e. The summed E-state index contributed by atoms with van der Waals surface area (Å²) in [6, 6.07) is 13.4. The summed E-state index contributed by atoms with van der Waals surface area (Å²) in [6.07, 6.45) is 1.43. The number of hydrogen-bond acceptors (Lipinski definition) is 7. The topological polar surface area (TPSA) is 74.7 Å². The fourth-order valence-electron chi connectivity index (χ4n) is 3.77. The van der Waals surface area contributed by atoms with Crippen molar-refractivity contribution in [1.29, 1.82) is 0 Å². The van der Waals surface area contributed by atoms with E-state index >= 15 is 0 Å². The van der Waals surface area contributed by atoms with Crippen LogP contribution in [0.25, 0.3) is 10.9 Å². The van der Waals surface area contributed by atoms with Gasteiger partial charge < -0.3 is 24.3 Å². The number of nitrogens with one attached hydrogen (secondary N) is 1. The summed E-state index contributed by atoms with van der Waals surface area (Å²) >= 11 is 6.46. The fraction of sp³-hybridized carbons (Fsp3) is 0.231. The molecule has 0 saturated carbocycles. The molecule has 1 N–H and O–H groups in total. The fourth-order valence-corrected chi connectivity index (χ4v) is 4.00. The van der Waals surface area contributed by atoms with Crippen molar-refractivity contribution >= 4 is 34.0 Å². The van der Waals surface area contributed by atoms with E-state index in [1.54, 1.807) is 24.3 Å². The Morgan fingerprint density at radius 2 is 1.86 bits per heavy atom. The van der Waals surface area contributed by atoms with Crippen LogP contribution in [0.5, 0.6) is 23.0 Å². The first-order valence-corrected chi connectivity index (χ1v) is 11.5. The third-order valence-corrected chi connectivity index (χ3v) is 5.51. The van der Waals surface area contributed by atoms with Crippen LogP contribution in [0, 0.1) is 5.82 Å². The van der Waals surface area contributed by atoms with E-state index in [1.807, 2.05) is 26.0 Å². The lowest BCUT2D eigenvalue weighted by molar-refractivity contribution is 0.157. The van der Waals surface area contributed by atoms with Gasteiger partial charge in [0.25, 0.3) is 0 Å². The van der Waals surface area contributed by atoms with Gasteiger partial charge in [0.1, 0.15) is 43.5 Å². The van der Waals surface area contributed by atoms with Gasteiger partial charge in [0.2, 0.25) is 5.75 Å². The zero-order valence-corrected chi connectivity index (χ0v) is 19.9. The minimum atomic E-state index is -0.312. The maximum absolute atomic E-state index is 13.4. The van der Waals surface area contributed by atoms with E-state index in [4.69, 9.17) is 30.5 Å². The van der Waals surface area contributed by atoms with Crippen molar-refractivity contribution in [3.05, 3.63) is 71.3 Å². The van der Waals surface area contributed by atoms with Gasteiger partial charge in [0.15, 0.2) is 11.5 Å². The second-order valence-corrected chi connectivity index (χ2v) is 8.61. The zero-order chi connectivity index (χ0) is 24.4. The van der Waals surface area contributed by atoms with Crippen LogP contribution >= 0.6 is 11.6 Å². The average Bonchev–Trinajstić information content (AvgIpc) is 2.83. The maximum Gasteiger partial charge on any atom is 0.204 e. The highest BCUT2D eigenvalue weighted by Crippen LogP contribution is 2.47. The molecule has 2 heterocycles. The van der Waals surface area contributed by atoms with Crippen molar-refractivity contribution in [2.75, 3.05) is 18.5 Å². The van der Waals surface area contributed by atoms with Crippen LogP contribution in [-0.4, -0.2) is 29.3 Å². The van der Waals surface area contributed by atoms with E-state index in [0.717, 1.165) is 0 Å². The molecule has 0 atom stereocenters. The van der Waals surface area contributed by atoms with Crippen molar-refractivity contribution in [1.82, 2.24) is 9.97 Å². The summed E-state index contributed by atoms with van der Waals surface area (Å²) in [4.78, 5) is 8.84. The summed E-state index contributed by atoms with van der Waals surface area (Å²) in [7, 11) is 0. The molecule has 0 unspecified atom stereocenters. The Balaban J connectivity index is 1.43. The summed E-state index contributed by atoms with van der Waals surface area (Å²) in [5, 5.41) is 4.37. The lowest BCUT2D eigenvalue weighted by atomic mass is 10.1. The van der Waals surface area contributed by atoms with Crippen molar-refractivity contribution in [3.63, 3.8) is 0 Å². The first-order valence-electron chi connectivity index (χ1n) is 11.2. The highest BCUT2D eigenvalue weighted by atomic mass is 35.5. The van der Waals surface area contributed by atoms with Crippen LogP contribution in [0.2, 0.25) is 5.02 Å². The van der Waals surface area contributed by atoms with Gasteiger partial charge in [-0.1, -0.05) is 23.7 Å². The second-order valence-electron chi connectivity index (χ2n) is 8.20. The maximum atomic E-state index is 13.4. The highest BCUT2D eigenvalue weighted by molar-refractivity contribution is 6.32. The van der Waals surface area contributed by atoms with Crippen LogP contribution < -0.4 is 24.3 Å². The molecule has 0 radical (unpaired) electrons. The molecule has 0 aliphatic carbocycles. The first-order chi connectivity index (χ1) is 17.0. The first kappa shape index (κ1) is 23.0. The Kier molecular flexibility index (Phi) is 6.46. The molecule has 3 aromatic carbocycles. The Morgan fingerprint density at radius 1 is 1.03 bits per heavy atom. The highest BCUT2D eigenvalue weighted by Gasteiger charge is 2.25. The molecule has 35 heavy (non-hydrogen) atoms. The number of nitrogens with zero attached hydrogens (tertiary/aromatic N) is 2. The SMILES string of the molecule is CC(C)Oc1cc2ncnc(Nc3ccc(OCc4cccc(F)c4)c(Cl)c3)c2c2c1OCCO2. The molecule has 9 heteroatoms. The van der Waals surface area contributed by atoms with E-state index in [-0.39, 0.29) is 18.5 Å². The molecular formula is C26H23ClFN3O4. The molecule has 7 nitrogen and oxygen atoms in total. The molecule has 1 aliphatic rings. The Labute approximate surface area is 206 Å². The van der Waals surface area contributed by atoms with Crippen molar-refractivity contribution in [2.24, 2.45) is 0 Å². The standard InChI is InChI=1S/C26H23ClFN3O4/c1-15(2)35-22-12-20-23(25-24(22)32-8-9-33-25)26(30-14-29-20)31-18-6-7-21(19(27)11-18)34-13-16-4-3-5-17(28)10-16/h3-7,10-12,14-15H,8-9,13H2,1-2H3,(H,29,30,31). The summed E-state index contributed by atoms with van der Waals surface area (Å²) in [6.45, 7) is 4.93. The Hall–Kier alpha value is -3.78. The predicted molar refractivity (Wildman–Crippen MR) is 132 cm³/mol. The van der Waals surface area contributed by atoms with Gasteiger partial charge >= 0.3 is 0 Å². The number of rotatable bonds is 7. The molecule has 1 aromatic heterocycles. The van der Waals surface area contributed by atoms with Crippen molar-refractivity contribution in [2.45, 2.75) is 26.6 Å². The van der Waals surface area contributed by atoms with Crippen LogP contribution in [0.15, 0.2) is 54.9 Å². The number of hydrogen-bond donors (Lipinski definition) is 1. The quantitative estimate of drug-likeness (QED) is 0.322. The van der Waals surface area contributed by atoms with Crippen LogP contribution in [0.4, 0.5) is 15.9 Å². The van der Waals surface area contributed by atoms with Crippen molar-refractivity contribution < 1.29 is 23.3 Å². The minimum absolute atomic E-state index is 0.0368. The van der Waals surface area contributed by atoms with E-state index in [1.165, 1.54) is 18.5 Å².